The Kier molecular flexibility index (Phi) is 7.84. The van der Waals surface area contributed by atoms with Gasteiger partial charge in [-0.1, -0.05) is 6.58 Å². The Hall–Kier alpha value is -1.48. The maximum Gasteiger partial charge on any atom is 0.330 e. The lowest BCUT2D eigenvalue weighted by atomic mass is 9.87. The first-order valence-corrected chi connectivity index (χ1v) is 10.1. The fourth-order valence-electron chi connectivity index (χ4n) is 3.94. The Labute approximate surface area is 165 Å². The number of unbranched alkanes of at least 4 members (excludes halogenated alkanes) is 1. The Morgan fingerprint density at radius 1 is 1.04 bits per heavy atom. The van der Waals surface area contributed by atoms with E-state index in [1.165, 1.54) is 0 Å². The second-order valence-electron chi connectivity index (χ2n) is 7.56. The van der Waals surface area contributed by atoms with Gasteiger partial charge < -0.3 is 28.8 Å². The fraction of sp³-hybridized carbons (Fsp3) is 0.800. The van der Waals surface area contributed by atoms with E-state index in [0.29, 0.717) is 13.2 Å². The van der Waals surface area contributed by atoms with Crippen molar-refractivity contribution in [2.75, 3.05) is 26.4 Å². The van der Waals surface area contributed by atoms with Gasteiger partial charge >= 0.3 is 11.9 Å². The minimum atomic E-state index is -0.643. The van der Waals surface area contributed by atoms with Crippen molar-refractivity contribution in [1.29, 1.82) is 0 Å². The van der Waals surface area contributed by atoms with Gasteiger partial charge in [-0.3, -0.25) is 4.79 Å². The molecule has 3 rings (SSSR count). The lowest BCUT2D eigenvalue weighted by molar-refractivity contribution is -0.161. The Bertz CT molecular complexity index is 542. The lowest BCUT2D eigenvalue weighted by Gasteiger charge is -2.28. The zero-order valence-corrected chi connectivity index (χ0v) is 16.1. The number of fused-ring (bicyclic) bond motifs is 1. The zero-order chi connectivity index (χ0) is 19.9. The average Bonchev–Trinajstić information content (AvgIpc) is 3.28. The maximum absolute atomic E-state index is 12.5. The van der Waals surface area contributed by atoms with Crippen LogP contribution < -0.4 is 0 Å². The molecule has 3 fully saturated rings. The summed E-state index contributed by atoms with van der Waals surface area (Å²) in [5.74, 6) is -0.730. The van der Waals surface area contributed by atoms with Gasteiger partial charge in [0.15, 0.2) is 6.10 Å². The smallest absolute Gasteiger partial charge is 0.330 e. The average molecular weight is 398 g/mol. The minimum absolute atomic E-state index is 0.122. The van der Waals surface area contributed by atoms with Crippen LogP contribution in [-0.2, 0) is 33.3 Å². The Balaban J connectivity index is 1.27. The molecular weight excluding hydrogens is 368 g/mol. The monoisotopic (exact) mass is 398 g/mol. The van der Waals surface area contributed by atoms with Crippen molar-refractivity contribution in [2.24, 2.45) is 5.92 Å². The van der Waals surface area contributed by atoms with E-state index in [1.54, 1.807) is 0 Å². The van der Waals surface area contributed by atoms with Gasteiger partial charge in [-0.25, -0.2) is 4.79 Å². The second kappa shape index (κ2) is 10.3. The van der Waals surface area contributed by atoms with E-state index < -0.39 is 18.2 Å². The maximum atomic E-state index is 12.5. The van der Waals surface area contributed by atoms with Crippen LogP contribution in [0.25, 0.3) is 0 Å². The second-order valence-corrected chi connectivity index (χ2v) is 7.56. The fourth-order valence-corrected chi connectivity index (χ4v) is 3.94. The molecule has 8 heteroatoms. The molecule has 8 nitrogen and oxygen atoms in total. The quantitative estimate of drug-likeness (QED) is 0.351. The normalized spacial score (nSPS) is 34.6. The van der Waals surface area contributed by atoms with Gasteiger partial charge in [-0.15, -0.1) is 0 Å². The Morgan fingerprint density at radius 2 is 1.75 bits per heavy atom. The van der Waals surface area contributed by atoms with E-state index in [9.17, 15) is 14.7 Å². The molecule has 0 aromatic carbocycles. The van der Waals surface area contributed by atoms with E-state index in [4.69, 9.17) is 23.7 Å². The summed E-state index contributed by atoms with van der Waals surface area (Å²) in [5.41, 5.74) is 0. The topological polar surface area (TPSA) is 101 Å². The molecule has 2 saturated heterocycles. The highest BCUT2D eigenvalue weighted by Gasteiger charge is 2.49. The van der Waals surface area contributed by atoms with Gasteiger partial charge in [-0.05, 0) is 38.5 Å². The van der Waals surface area contributed by atoms with E-state index in [-0.39, 0.29) is 43.4 Å². The number of hydrogen-bond acceptors (Lipinski definition) is 8. The molecule has 1 N–H and O–H groups in total. The highest BCUT2D eigenvalue weighted by atomic mass is 16.6. The number of ether oxygens (including phenoxy) is 5. The van der Waals surface area contributed by atoms with Gasteiger partial charge in [0.25, 0.3) is 0 Å². The summed E-state index contributed by atoms with van der Waals surface area (Å²) in [5, 5.41) is 9.75. The number of esters is 2. The van der Waals surface area contributed by atoms with E-state index in [1.807, 2.05) is 0 Å². The predicted octanol–water partition coefficient (Wildman–Crippen LogP) is 1.14. The summed E-state index contributed by atoms with van der Waals surface area (Å²) < 4.78 is 27.4. The third-order valence-corrected chi connectivity index (χ3v) is 5.56. The van der Waals surface area contributed by atoms with Gasteiger partial charge in [0.2, 0.25) is 0 Å². The number of carbonyl (C=O) groups is 2. The van der Waals surface area contributed by atoms with Gasteiger partial charge in [0.05, 0.1) is 31.8 Å². The summed E-state index contributed by atoms with van der Waals surface area (Å²) in [6.45, 7) is 4.84. The van der Waals surface area contributed by atoms with Crippen molar-refractivity contribution in [2.45, 2.75) is 69.0 Å². The van der Waals surface area contributed by atoms with E-state index in [2.05, 4.69) is 6.58 Å². The van der Waals surface area contributed by atoms with Crippen LogP contribution >= 0.6 is 0 Å². The molecule has 1 saturated carbocycles. The predicted molar refractivity (Wildman–Crippen MR) is 97.5 cm³/mol. The van der Waals surface area contributed by atoms with Crippen molar-refractivity contribution in [3.05, 3.63) is 12.7 Å². The van der Waals surface area contributed by atoms with Gasteiger partial charge in [-0.2, -0.15) is 0 Å². The SMILES string of the molecule is C=CC(=O)OCCCCOC1CCC(C(=O)O[C@H]2CO[C@H]3[C@@H]2OC[C@H]3O)CC1. The van der Waals surface area contributed by atoms with Crippen molar-refractivity contribution in [3.63, 3.8) is 0 Å². The molecular formula is C20H30O8. The summed E-state index contributed by atoms with van der Waals surface area (Å²) in [4.78, 5) is 23.4. The number of carbonyl (C=O) groups excluding carboxylic acids is 2. The number of hydrogen-bond donors (Lipinski definition) is 1. The van der Waals surface area contributed by atoms with Crippen molar-refractivity contribution in [3.8, 4) is 0 Å². The molecule has 0 bridgehead atoms. The van der Waals surface area contributed by atoms with Crippen LogP contribution in [0.5, 0.6) is 0 Å². The first kappa shape index (κ1) is 21.2. The van der Waals surface area contributed by atoms with E-state index in [0.717, 1.165) is 44.6 Å². The molecule has 3 aliphatic rings. The summed E-state index contributed by atoms with van der Waals surface area (Å²) in [6, 6.07) is 0. The molecule has 1 aliphatic carbocycles. The number of rotatable bonds is 9. The van der Waals surface area contributed by atoms with Crippen LogP contribution in [0.1, 0.15) is 38.5 Å². The largest absolute Gasteiger partial charge is 0.463 e. The molecule has 4 atom stereocenters. The molecule has 2 heterocycles. The van der Waals surface area contributed by atoms with Gasteiger partial charge in [0.1, 0.15) is 18.3 Å². The lowest BCUT2D eigenvalue weighted by Crippen LogP contribution is -2.36. The van der Waals surface area contributed by atoms with Crippen LogP contribution in [0.15, 0.2) is 12.7 Å². The molecule has 28 heavy (non-hydrogen) atoms. The highest BCUT2D eigenvalue weighted by Crippen LogP contribution is 2.32. The molecule has 2 aliphatic heterocycles. The number of aliphatic hydroxyl groups is 1. The number of aliphatic hydroxyl groups excluding tert-OH is 1. The molecule has 158 valence electrons. The van der Waals surface area contributed by atoms with Crippen molar-refractivity contribution in [1.82, 2.24) is 0 Å². The summed E-state index contributed by atoms with van der Waals surface area (Å²) in [6.07, 6.45) is 4.21. The third-order valence-electron chi connectivity index (χ3n) is 5.56. The first-order valence-electron chi connectivity index (χ1n) is 10.1. The first-order chi connectivity index (χ1) is 13.6. The van der Waals surface area contributed by atoms with Crippen LogP contribution in [0.4, 0.5) is 0 Å². The van der Waals surface area contributed by atoms with Crippen LogP contribution in [0.3, 0.4) is 0 Å². The molecule has 0 amide bonds. The molecule has 0 unspecified atom stereocenters. The molecule has 0 aromatic rings. The van der Waals surface area contributed by atoms with Crippen LogP contribution in [0.2, 0.25) is 0 Å². The molecule has 0 aromatic heterocycles. The highest BCUT2D eigenvalue weighted by molar-refractivity contribution is 5.81. The van der Waals surface area contributed by atoms with Crippen molar-refractivity contribution < 1.29 is 38.4 Å². The standard InChI is InChI=1S/C20H30O8/c1-2-17(22)25-10-4-3-9-24-14-7-5-13(6-8-14)20(23)28-16-12-27-18-15(21)11-26-19(16)18/h2,13-16,18-19,21H,1,3-12H2/t13?,14?,15-,16+,18-,19-/m1/s1. The zero-order valence-electron chi connectivity index (χ0n) is 16.1. The summed E-state index contributed by atoms with van der Waals surface area (Å²) >= 11 is 0. The Morgan fingerprint density at radius 3 is 2.50 bits per heavy atom. The van der Waals surface area contributed by atoms with Crippen molar-refractivity contribution >= 4 is 11.9 Å². The van der Waals surface area contributed by atoms with Crippen LogP contribution in [0, 0.1) is 5.92 Å². The van der Waals surface area contributed by atoms with Gasteiger partial charge in [0, 0.05) is 12.7 Å². The van der Waals surface area contributed by atoms with Crippen LogP contribution in [-0.4, -0.2) is 74.0 Å². The van der Waals surface area contributed by atoms with E-state index >= 15 is 0 Å². The molecule has 0 radical (unpaired) electrons. The minimum Gasteiger partial charge on any atom is -0.463 e. The summed E-state index contributed by atoms with van der Waals surface area (Å²) in [7, 11) is 0. The molecule has 0 spiro atoms. The third kappa shape index (κ3) is 5.53.